The van der Waals surface area contributed by atoms with Gasteiger partial charge in [0.2, 0.25) is 0 Å². The van der Waals surface area contributed by atoms with Crippen molar-refractivity contribution in [1.82, 2.24) is 0 Å². The Balaban J connectivity index is 2.40. The largest absolute Gasteiger partial charge is 0.396 e. The zero-order chi connectivity index (χ0) is 10.8. The maximum Gasteiger partial charge on any atom is 0.0499 e. The topological polar surface area (TPSA) is 20.2 Å². The molecular weight excluding hydrogens is 184 g/mol. The Labute approximate surface area is 92.1 Å². The third-order valence-corrected chi connectivity index (χ3v) is 3.28. The van der Waals surface area contributed by atoms with Crippen LogP contribution in [0.5, 0.6) is 0 Å². The minimum Gasteiger partial charge on any atom is -0.396 e. The fraction of sp³-hybridized carbons (Fsp3) is 0.500. The van der Waals surface area contributed by atoms with Gasteiger partial charge in [-0.1, -0.05) is 25.1 Å². The second kappa shape index (κ2) is 4.36. The van der Waals surface area contributed by atoms with Crippen LogP contribution >= 0.6 is 0 Å². The molecule has 15 heavy (non-hydrogen) atoms. The number of hydrogen-bond acceptors (Lipinski definition) is 1. The molecule has 1 N–H and O–H groups in total. The molecule has 0 bridgehead atoms. The van der Waals surface area contributed by atoms with Crippen molar-refractivity contribution in [2.75, 3.05) is 6.61 Å². The standard InChI is InChI=1S/C14H19O/c1-3-12-13(10(2)9-15)5-4-6-14(12)11-7-8-11/h4-6,10-11,15H,2-3,7-9H2,1H3. The van der Waals surface area contributed by atoms with Crippen molar-refractivity contribution in [2.45, 2.75) is 38.0 Å². The Bertz CT molecular complexity index is 339. The summed E-state index contributed by atoms with van der Waals surface area (Å²) in [5, 5.41) is 9.19. The summed E-state index contributed by atoms with van der Waals surface area (Å²) < 4.78 is 0. The van der Waals surface area contributed by atoms with Crippen LogP contribution in [0.25, 0.3) is 0 Å². The molecule has 0 saturated heterocycles. The van der Waals surface area contributed by atoms with E-state index in [0.29, 0.717) is 0 Å². The van der Waals surface area contributed by atoms with Gasteiger partial charge in [0.1, 0.15) is 0 Å². The molecule has 1 aliphatic carbocycles. The highest BCUT2D eigenvalue weighted by Gasteiger charge is 2.26. The molecule has 0 heterocycles. The first-order chi connectivity index (χ1) is 7.27. The lowest BCUT2D eigenvalue weighted by atomic mass is 9.89. The van der Waals surface area contributed by atoms with E-state index in [-0.39, 0.29) is 12.5 Å². The minimum absolute atomic E-state index is 0.0265. The summed E-state index contributed by atoms with van der Waals surface area (Å²) in [6, 6.07) is 6.46. The van der Waals surface area contributed by atoms with Gasteiger partial charge < -0.3 is 5.11 Å². The Morgan fingerprint density at radius 1 is 1.47 bits per heavy atom. The minimum atomic E-state index is 0.0265. The third kappa shape index (κ3) is 2.07. The molecule has 1 aromatic rings. The molecule has 1 saturated carbocycles. The lowest BCUT2D eigenvalue weighted by Gasteiger charge is -2.17. The van der Waals surface area contributed by atoms with Crippen molar-refractivity contribution in [3.63, 3.8) is 0 Å². The Kier molecular flexibility index (Phi) is 3.11. The van der Waals surface area contributed by atoms with E-state index in [4.69, 9.17) is 0 Å². The zero-order valence-electron chi connectivity index (χ0n) is 9.37. The van der Waals surface area contributed by atoms with E-state index in [1.54, 1.807) is 0 Å². The molecular formula is C14H19O. The molecule has 1 heteroatoms. The third-order valence-electron chi connectivity index (χ3n) is 3.28. The Morgan fingerprint density at radius 3 is 2.73 bits per heavy atom. The van der Waals surface area contributed by atoms with Gasteiger partial charge >= 0.3 is 0 Å². The summed E-state index contributed by atoms with van der Waals surface area (Å²) >= 11 is 0. The first-order valence-electron chi connectivity index (χ1n) is 5.83. The van der Waals surface area contributed by atoms with Crippen molar-refractivity contribution in [1.29, 1.82) is 0 Å². The summed E-state index contributed by atoms with van der Waals surface area (Å²) in [5.74, 6) is 0.810. The highest BCUT2D eigenvalue weighted by atomic mass is 16.3. The van der Waals surface area contributed by atoms with Crippen LogP contribution in [0.2, 0.25) is 0 Å². The molecule has 0 aromatic heterocycles. The van der Waals surface area contributed by atoms with E-state index in [1.807, 2.05) is 0 Å². The van der Waals surface area contributed by atoms with Gasteiger partial charge in [-0.25, -0.2) is 0 Å². The maximum absolute atomic E-state index is 9.19. The number of hydrogen-bond donors (Lipinski definition) is 1. The van der Waals surface area contributed by atoms with E-state index < -0.39 is 0 Å². The normalized spacial score (nSPS) is 17.8. The number of benzene rings is 1. The van der Waals surface area contributed by atoms with Gasteiger partial charge in [0.25, 0.3) is 0 Å². The van der Waals surface area contributed by atoms with Gasteiger partial charge in [-0.15, -0.1) is 0 Å². The zero-order valence-corrected chi connectivity index (χ0v) is 9.37. The fourth-order valence-electron chi connectivity index (χ4n) is 2.29. The van der Waals surface area contributed by atoms with E-state index in [2.05, 4.69) is 32.0 Å². The highest BCUT2D eigenvalue weighted by Crippen LogP contribution is 2.43. The van der Waals surface area contributed by atoms with Gasteiger partial charge in [-0.3, -0.25) is 0 Å². The van der Waals surface area contributed by atoms with Crippen molar-refractivity contribution in [3.8, 4) is 0 Å². The summed E-state index contributed by atoms with van der Waals surface area (Å²) in [6.07, 6.45) is 3.71. The molecule has 1 fully saturated rings. The average Bonchev–Trinajstić information content (AvgIpc) is 3.10. The van der Waals surface area contributed by atoms with Crippen molar-refractivity contribution < 1.29 is 5.11 Å². The van der Waals surface area contributed by atoms with Crippen LogP contribution in [0.15, 0.2) is 18.2 Å². The van der Waals surface area contributed by atoms with E-state index in [0.717, 1.165) is 12.3 Å². The summed E-state index contributed by atoms with van der Waals surface area (Å²) in [7, 11) is 0. The van der Waals surface area contributed by atoms with Gasteiger partial charge in [0.15, 0.2) is 0 Å². The van der Waals surface area contributed by atoms with Crippen LogP contribution in [0.1, 0.15) is 48.3 Å². The number of rotatable bonds is 4. The van der Waals surface area contributed by atoms with Crippen molar-refractivity contribution in [2.24, 2.45) is 0 Å². The molecule has 1 aliphatic rings. The highest BCUT2D eigenvalue weighted by molar-refractivity contribution is 5.41. The molecule has 1 unspecified atom stereocenters. The predicted octanol–water partition coefficient (Wildman–Crippen LogP) is 3.04. The van der Waals surface area contributed by atoms with E-state index in [1.165, 1.54) is 29.5 Å². The lowest BCUT2D eigenvalue weighted by molar-refractivity contribution is 0.282. The van der Waals surface area contributed by atoms with Gasteiger partial charge in [0.05, 0.1) is 0 Å². The summed E-state index contributed by atoms with van der Waals surface area (Å²) in [6.45, 7) is 6.34. The van der Waals surface area contributed by atoms with Gasteiger partial charge in [0, 0.05) is 12.5 Å². The van der Waals surface area contributed by atoms with Gasteiger partial charge in [-0.05, 0) is 48.8 Å². The van der Waals surface area contributed by atoms with Crippen LogP contribution in [0.3, 0.4) is 0 Å². The first-order valence-corrected chi connectivity index (χ1v) is 5.83. The second-order valence-electron chi connectivity index (χ2n) is 4.42. The Morgan fingerprint density at radius 2 is 2.20 bits per heavy atom. The van der Waals surface area contributed by atoms with Crippen molar-refractivity contribution in [3.05, 3.63) is 41.8 Å². The molecule has 2 rings (SSSR count). The Hall–Kier alpha value is -0.820. The fourth-order valence-corrected chi connectivity index (χ4v) is 2.29. The van der Waals surface area contributed by atoms with Gasteiger partial charge in [-0.2, -0.15) is 0 Å². The lowest BCUT2D eigenvalue weighted by Crippen LogP contribution is -2.05. The monoisotopic (exact) mass is 203 g/mol. The number of aliphatic hydroxyl groups excluding tert-OH is 1. The smallest absolute Gasteiger partial charge is 0.0499 e. The van der Waals surface area contributed by atoms with E-state index in [9.17, 15) is 5.11 Å². The number of aliphatic hydroxyl groups is 1. The van der Waals surface area contributed by atoms with Crippen LogP contribution < -0.4 is 0 Å². The summed E-state index contributed by atoms with van der Waals surface area (Å²) in [5.41, 5.74) is 4.16. The molecule has 81 valence electrons. The molecule has 0 amide bonds. The quantitative estimate of drug-likeness (QED) is 0.797. The van der Waals surface area contributed by atoms with Crippen molar-refractivity contribution >= 4 is 0 Å². The van der Waals surface area contributed by atoms with Crippen LogP contribution in [-0.4, -0.2) is 11.7 Å². The molecule has 1 atom stereocenters. The molecule has 0 aliphatic heterocycles. The molecule has 1 radical (unpaired) electrons. The average molecular weight is 203 g/mol. The molecule has 1 aromatic carbocycles. The van der Waals surface area contributed by atoms with Crippen LogP contribution in [-0.2, 0) is 6.42 Å². The first kappa shape index (κ1) is 10.7. The molecule has 1 nitrogen and oxygen atoms in total. The second-order valence-corrected chi connectivity index (χ2v) is 4.42. The summed E-state index contributed by atoms with van der Waals surface area (Å²) in [4.78, 5) is 0. The maximum atomic E-state index is 9.19. The van der Waals surface area contributed by atoms with E-state index >= 15 is 0 Å². The van der Waals surface area contributed by atoms with Crippen LogP contribution in [0, 0.1) is 6.92 Å². The SMILES string of the molecule is [CH2]C(CO)c1cccc(C2CC2)c1CC. The predicted molar refractivity (Wildman–Crippen MR) is 63.0 cm³/mol. The van der Waals surface area contributed by atoms with Crippen LogP contribution in [0.4, 0.5) is 0 Å². The molecule has 0 spiro atoms.